The van der Waals surface area contributed by atoms with Crippen molar-refractivity contribution in [2.24, 2.45) is 0 Å². The van der Waals surface area contributed by atoms with Crippen LogP contribution in [0.15, 0.2) is 56.6 Å². The lowest BCUT2D eigenvalue weighted by atomic mass is 10.1. The second-order valence-electron chi connectivity index (χ2n) is 7.56. The predicted molar refractivity (Wildman–Crippen MR) is 129 cm³/mol. The van der Waals surface area contributed by atoms with E-state index in [4.69, 9.17) is 18.6 Å². The summed E-state index contributed by atoms with van der Waals surface area (Å²) in [6, 6.07) is 10.3. The van der Waals surface area contributed by atoms with E-state index in [0.29, 0.717) is 52.8 Å². The molecule has 34 heavy (non-hydrogen) atoms. The second-order valence-corrected chi connectivity index (χ2v) is 9.77. The number of fused-ring (bicyclic) bond motifs is 1. The van der Waals surface area contributed by atoms with Gasteiger partial charge in [-0.05, 0) is 35.6 Å². The molecule has 8 nitrogen and oxygen atoms in total. The number of benzene rings is 2. The fraction of sp³-hybridized carbons (Fsp3) is 0.280. The number of carbonyl (C=O) groups is 1. The van der Waals surface area contributed by atoms with Gasteiger partial charge in [0.2, 0.25) is 16.6 Å². The fourth-order valence-corrected chi connectivity index (χ4v) is 6.05. The summed E-state index contributed by atoms with van der Waals surface area (Å²) in [6.45, 7) is 0.903. The number of rotatable bonds is 6. The van der Waals surface area contributed by atoms with Gasteiger partial charge in [-0.2, -0.15) is 0 Å². The molecule has 1 fully saturated rings. The topological polar surface area (TPSA) is 101 Å². The molecule has 0 atom stereocenters. The van der Waals surface area contributed by atoms with Crippen LogP contribution in [0.3, 0.4) is 0 Å². The van der Waals surface area contributed by atoms with Crippen molar-refractivity contribution in [3.8, 4) is 23.0 Å². The van der Waals surface area contributed by atoms with Gasteiger partial charge in [0.25, 0.3) is 0 Å². The summed E-state index contributed by atoms with van der Waals surface area (Å²) in [4.78, 5) is 27.2. The summed E-state index contributed by atoms with van der Waals surface area (Å²) < 4.78 is 21.4. The normalized spacial score (nSPS) is 14.5. The van der Waals surface area contributed by atoms with Gasteiger partial charge >= 0.3 is 5.63 Å². The summed E-state index contributed by atoms with van der Waals surface area (Å²) in [5.74, 6) is 2.15. The molecule has 4 rings (SSSR count). The van der Waals surface area contributed by atoms with Crippen molar-refractivity contribution in [1.82, 2.24) is 4.90 Å². The first-order valence-corrected chi connectivity index (χ1v) is 12.2. The minimum Gasteiger partial charge on any atom is -0.868 e. The number of methoxy groups -OCH3 is 3. The first-order chi connectivity index (χ1) is 16.5. The lowest BCUT2D eigenvalue weighted by Gasteiger charge is -2.26. The van der Waals surface area contributed by atoms with Crippen LogP contribution >= 0.6 is 0 Å². The predicted octanol–water partition coefficient (Wildman–Crippen LogP) is 2.43. The highest BCUT2D eigenvalue weighted by atomic mass is 32.2. The molecule has 1 saturated heterocycles. The number of ether oxygens (including phenoxy) is 3. The zero-order valence-corrected chi connectivity index (χ0v) is 20.0. The molecule has 1 aliphatic heterocycles. The number of nitrogens with zero attached hydrogens (tertiary/aromatic N) is 1. The minimum atomic E-state index is -0.575. The average Bonchev–Trinajstić information content (AvgIpc) is 2.86. The number of carbonyl (C=O) groups excluding carboxylic acids is 1. The third-order valence-electron chi connectivity index (χ3n) is 5.65. The van der Waals surface area contributed by atoms with Gasteiger partial charge in [0.1, 0.15) is 17.1 Å². The lowest BCUT2D eigenvalue weighted by molar-refractivity contribution is -0.270. The van der Waals surface area contributed by atoms with Crippen LogP contribution in [0.1, 0.15) is 5.56 Å². The molecule has 0 aliphatic carbocycles. The molecule has 1 aromatic heterocycles. The Morgan fingerprint density at radius 2 is 1.71 bits per heavy atom. The third-order valence-corrected chi connectivity index (χ3v) is 7.93. The maximum atomic E-state index is 12.9. The Labute approximate surface area is 199 Å². The Balaban J connectivity index is 1.46. The number of para-hydroxylation sites is 1. The third kappa shape index (κ3) is 4.56. The SMILES string of the molecule is COc1cc(/C=C/C(=O)N2CC[S+](c3c([O-])c4ccccc4oc3=O)CC2)cc(OC)c1OC. The monoisotopic (exact) mass is 483 g/mol. The Morgan fingerprint density at radius 3 is 2.32 bits per heavy atom. The Bertz CT molecular complexity index is 1270. The summed E-state index contributed by atoms with van der Waals surface area (Å²) in [5.41, 5.74) is 0.453. The lowest BCUT2D eigenvalue weighted by Crippen LogP contribution is -2.44. The zero-order chi connectivity index (χ0) is 24.2. The zero-order valence-electron chi connectivity index (χ0n) is 19.2. The van der Waals surface area contributed by atoms with E-state index in [9.17, 15) is 14.7 Å². The maximum absolute atomic E-state index is 12.9. The number of amides is 1. The van der Waals surface area contributed by atoms with E-state index in [0.717, 1.165) is 5.56 Å². The van der Waals surface area contributed by atoms with Gasteiger partial charge in [0.15, 0.2) is 11.5 Å². The summed E-state index contributed by atoms with van der Waals surface area (Å²) in [5, 5.41) is 13.3. The van der Waals surface area contributed by atoms with E-state index in [1.807, 2.05) is 0 Å². The van der Waals surface area contributed by atoms with Crippen LogP contribution in [0.25, 0.3) is 17.0 Å². The van der Waals surface area contributed by atoms with Gasteiger partial charge in [-0.25, -0.2) is 4.79 Å². The van der Waals surface area contributed by atoms with Gasteiger partial charge in [-0.1, -0.05) is 18.2 Å². The molecule has 9 heteroatoms. The molecule has 3 aromatic rings. The van der Waals surface area contributed by atoms with E-state index in [2.05, 4.69) is 0 Å². The highest BCUT2D eigenvalue weighted by molar-refractivity contribution is 7.97. The van der Waals surface area contributed by atoms with Crippen LogP contribution in [-0.2, 0) is 15.7 Å². The van der Waals surface area contributed by atoms with E-state index in [1.54, 1.807) is 47.4 Å². The van der Waals surface area contributed by atoms with Crippen LogP contribution in [0.2, 0.25) is 0 Å². The van der Waals surface area contributed by atoms with Crippen molar-refractivity contribution in [1.29, 1.82) is 0 Å². The molecule has 0 spiro atoms. The van der Waals surface area contributed by atoms with Crippen molar-refractivity contribution in [2.75, 3.05) is 45.9 Å². The largest absolute Gasteiger partial charge is 0.868 e. The van der Waals surface area contributed by atoms with E-state index in [-0.39, 0.29) is 16.6 Å². The molecule has 0 bridgehead atoms. The Morgan fingerprint density at radius 1 is 1.06 bits per heavy atom. The highest BCUT2D eigenvalue weighted by Gasteiger charge is 2.34. The fourth-order valence-electron chi connectivity index (χ4n) is 3.90. The van der Waals surface area contributed by atoms with Gasteiger partial charge in [0, 0.05) is 22.4 Å². The van der Waals surface area contributed by atoms with Crippen molar-refractivity contribution >= 4 is 33.8 Å². The van der Waals surface area contributed by atoms with Crippen molar-refractivity contribution < 1.29 is 28.5 Å². The number of hydrogen-bond donors (Lipinski definition) is 0. The molecular weight excluding hydrogens is 458 g/mol. The molecule has 0 saturated carbocycles. The second kappa shape index (κ2) is 10.1. The van der Waals surface area contributed by atoms with Crippen molar-refractivity contribution in [2.45, 2.75) is 4.90 Å². The average molecular weight is 484 g/mol. The van der Waals surface area contributed by atoms with Gasteiger partial charge in [0.05, 0.1) is 34.4 Å². The molecule has 2 aromatic carbocycles. The van der Waals surface area contributed by atoms with Crippen LogP contribution in [0, 0.1) is 0 Å². The molecule has 1 aliphatic rings. The van der Waals surface area contributed by atoms with Gasteiger partial charge in [-0.3, -0.25) is 4.79 Å². The van der Waals surface area contributed by atoms with Crippen LogP contribution < -0.4 is 24.9 Å². The van der Waals surface area contributed by atoms with Crippen LogP contribution in [0.5, 0.6) is 23.0 Å². The first kappa shape index (κ1) is 23.6. The molecule has 2 heterocycles. The summed E-state index contributed by atoms with van der Waals surface area (Å²) >= 11 is 0. The molecular formula is C25H25NO7S. The molecule has 1 amide bonds. The van der Waals surface area contributed by atoms with E-state index < -0.39 is 16.5 Å². The molecule has 0 unspecified atom stereocenters. The van der Waals surface area contributed by atoms with Crippen molar-refractivity contribution in [3.63, 3.8) is 0 Å². The first-order valence-electron chi connectivity index (χ1n) is 10.6. The smallest absolute Gasteiger partial charge is 0.391 e. The molecule has 0 N–H and O–H groups in total. The van der Waals surface area contributed by atoms with Crippen LogP contribution in [0.4, 0.5) is 0 Å². The van der Waals surface area contributed by atoms with Gasteiger partial charge in [-0.15, -0.1) is 0 Å². The maximum Gasteiger partial charge on any atom is 0.391 e. The summed E-state index contributed by atoms with van der Waals surface area (Å²) in [7, 11) is 4.03. The van der Waals surface area contributed by atoms with Crippen LogP contribution in [-0.4, -0.2) is 56.7 Å². The molecule has 0 radical (unpaired) electrons. The standard InChI is InChI=1S/C25H25NO7S/c1-30-19-14-16(15-20(31-2)23(19)32-3)8-9-21(27)26-10-12-34(13-11-26)24-22(28)17-6-4-5-7-18(17)33-25(24)29/h4-9,14-15H,10-13H2,1-3H3/b9-8+. The van der Waals surface area contributed by atoms with E-state index >= 15 is 0 Å². The van der Waals surface area contributed by atoms with Gasteiger partial charge < -0.3 is 28.6 Å². The van der Waals surface area contributed by atoms with Crippen molar-refractivity contribution in [3.05, 3.63) is 58.5 Å². The quantitative estimate of drug-likeness (QED) is 0.301. The Hall–Kier alpha value is -3.59. The highest BCUT2D eigenvalue weighted by Crippen LogP contribution is 2.38. The number of hydrogen-bond acceptors (Lipinski definition) is 7. The Kier molecular flexibility index (Phi) is 7.02. The minimum absolute atomic E-state index is 0.148. The molecule has 178 valence electrons. The van der Waals surface area contributed by atoms with E-state index in [1.165, 1.54) is 27.4 Å². The summed E-state index contributed by atoms with van der Waals surface area (Å²) in [6.07, 6.45) is 3.18.